The molecule has 1 aliphatic heterocycles. The van der Waals surface area contributed by atoms with Crippen LogP contribution in [0.3, 0.4) is 0 Å². The highest BCUT2D eigenvalue weighted by atomic mass is 19.4. The molecular weight excluding hydrogens is 353 g/mol. The summed E-state index contributed by atoms with van der Waals surface area (Å²) in [4.78, 5) is 27.0. The van der Waals surface area contributed by atoms with Crippen LogP contribution < -0.4 is 20.3 Å². The second-order valence-electron chi connectivity index (χ2n) is 5.81. The molecular formula is C16H21F3N4O3. The van der Waals surface area contributed by atoms with E-state index in [9.17, 15) is 22.8 Å². The van der Waals surface area contributed by atoms with Crippen LogP contribution in [-0.4, -0.2) is 69.4 Å². The summed E-state index contributed by atoms with van der Waals surface area (Å²) in [6.07, 6.45) is -4.52. The van der Waals surface area contributed by atoms with Crippen LogP contribution in [0.4, 0.5) is 23.7 Å². The van der Waals surface area contributed by atoms with Crippen molar-refractivity contribution in [1.29, 1.82) is 0 Å². The van der Waals surface area contributed by atoms with Crippen molar-refractivity contribution >= 4 is 17.6 Å². The number of amides is 3. The van der Waals surface area contributed by atoms with Crippen molar-refractivity contribution in [3.05, 3.63) is 24.3 Å². The Morgan fingerprint density at radius 3 is 2.50 bits per heavy atom. The number of anilines is 1. The standard InChI is InChI=1S/C16H21F3N4O3/c1-26-13-4-2-3-12(9-13)23-7-5-22(6-8-23)10-14(24)21-15(25)20-11-16(17,18)19/h2-4,9H,5-8,10-11H2,1H3,(H2,20,21,24,25). The van der Waals surface area contributed by atoms with Gasteiger partial charge >= 0.3 is 12.2 Å². The van der Waals surface area contributed by atoms with Crippen molar-refractivity contribution in [2.24, 2.45) is 0 Å². The van der Waals surface area contributed by atoms with E-state index in [2.05, 4.69) is 4.90 Å². The summed E-state index contributed by atoms with van der Waals surface area (Å²) < 4.78 is 41.2. The van der Waals surface area contributed by atoms with Crippen molar-refractivity contribution in [2.45, 2.75) is 6.18 Å². The number of nitrogens with one attached hydrogen (secondary N) is 2. The molecule has 0 radical (unpaired) electrons. The molecule has 0 spiro atoms. The molecule has 0 unspecified atom stereocenters. The first kappa shape index (κ1) is 19.8. The zero-order valence-electron chi connectivity index (χ0n) is 14.3. The molecule has 2 rings (SSSR count). The van der Waals surface area contributed by atoms with Crippen molar-refractivity contribution < 1.29 is 27.5 Å². The van der Waals surface area contributed by atoms with Crippen LogP contribution >= 0.6 is 0 Å². The van der Waals surface area contributed by atoms with E-state index in [0.29, 0.717) is 26.2 Å². The number of nitrogens with zero attached hydrogens (tertiary/aromatic N) is 2. The predicted octanol–water partition coefficient (Wildman–Crippen LogP) is 1.21. The van der Waals surface area contributed by atoms with Crippen LogP contribution in [0.2, 0.25) is 0 Å². The van der Waals surface area contributed by atoms with E-state index in [4.69, 9.17) is 4.74 Å². The molecule has 0 aliphatic carbocycles. The van der Waals surface area contributed by atoms with Crippen molar-refractivity contribution in [1.82, 2.24) is 15.5 Å². The number of hydrogen-bond donors (Lipinski definition) is 2. The molecule has 1 heterocycles. The summed E-state index contributed by atoms with van der Waals surface area (Å²) in [5.74, 6) is 0.119. The highest BCUT2D eigenvalue weighted by molar-refractivity contribution is 5.95. The molecule has 1 aromatic carbocycles. The smallest absolute Gasteiger partial charge is 0.405 e. The van der Waals surface area contributed by atoms with Gasteiger partial charge in [0.2, 0.25) is 5.91 Å². The van der Waals surface area contributed by atoms with Gasteiger partial charge in [-0.05, 0) is 12.1 Å². The van der Waals surface area contributed by atoms with Crippen LogP contribution in [-0.2, 0) is 4.79 Å². The number of carbonyl (C=O) groups excluding carboxylic acids is 2. The van der Waals surface area contributed by atoms with Crippen LogP contribution in [0.25, 0.3) is 0 Å². The molecule has 1 aliphatic rings. The molecule has 26 heavy (non-hydrogen) atoms. The fraction of sp³-hybridized carbons (Fsp3) is 0.500. The molecule has 0 bridgehead atoms. The molecule has 0 saturated carbocycles. The number of urea groups is 1. The van der Waals surface area contributed by atoms with Gasteiger partial charge in [0.25, 0.3) is 0 Å². The Hall–Kier alpha value is -2.49. The van der Waals surface area contributed by atoms with Gasteiger partial charge in [0, 0.05) is 37.9 Å². The van der Waals surface area contributed by atoms with E-state index >= 15 is 0 Å². The zero-order valence-corrected chi connectivity index (χ0v) is 14.3. The second kappa shape index (κ2) is 8.75. The molecule has 0 aromatic heterocycles. The Morgan fingerprint density at radius 1 is 1.19 bits per heavy atom. The Labute approximate surface area is 149 Å². The van der Waals surface area contributed by atoms with E-state index < -0.39 is 24.7 Å². The van der Waals surface area contributed by atoms with Gasteiger partial charge in [-0.25, -0.2) is 4.79 Å². The fourth-order valence-electron chi connectivity index (χ4n) is 2.57. The SMILES string of the molecule is COc1cccc(N2CCN(CC(=O)NC(=O)NCC(F)(F)F)CC2)c1. The molecule has 2 N–H and O–H groups in total. The summed E-state index contributed by atoms with van der Waals surface area (Å²) in [5.41, 5.74) is 1.01. The number of hydrogen-bond acceptors (Lipinski definition) is 5. The predicted molar refractivity (Wildman–Crippen MR) is 89.2 cm³/mol. The summed E-state index contributed by atoms with van der Waals surface area (Å²) in [6.45, 7) is 1.02. The number of benzene rings is 1. The van der Waals surface area contributed by atoms with Gasteiger partial charge in [0.1, 0.15) is 12.3 Å². The summed E-state index contributed by atoms with van der Waals surface area (Å²) >= 11 is 0. The number of halogens is 3. The van der Waals surface area contributed by atoms with E-state index in [1.807, 2.05) is 34.5 Å². The number of piperazine rings is 1. The minimum Gasteiger partial charge on any atom is -0.497 e. The maximum Gasteiger partial charge on any atom is 0.405 e. The van der Waals surface area contributed by atoms with Crippen LogP contribution in [0.15, 0.2) is 24.3 Å². The summed E-state index contributed by atoms with van der Waals surface area (Å²) in [5, 5.41) is 3.49. The molecule has 7 nitrogen and oxygen atoms in total. The average molecular weight is 374 g/mol. The third-order valence-electron chi connectivity index (χ3n) is 3.86. The van der Waals surface area contributed by atoms with Gasteiger partial charge in [-0.2, -0.15) is 13.2 Å². The minimum atomic E-state index is -4.52. The Bertz CT molecular complexity index is 631. The fourth-order valence-corrected chi connectivity index (χ4v) is 2.57. The quantitative estimate of drug-likeness (QED) is 0.811. The number of alkyl halides is 3. The molecule has 1 fully saturated rings. The van der Waals surface area contributed by atoms with E-state index in [-0.39, 0.29) is 6.54 Å². The summed E-state index contributed by atoms with van der Waals surface area (Å²) in [6, 6.07) is 6.49. The Balaban J connectivity index is 1.74. The Kier molecular flexibility index (Phi) is 6.67. The molecule has 0 atom stereocenters. The first-order valence-corrected chi connectivity index (χ1v) is 8.02. The average Bonchev–Trinajstić information content (AvgIpc) is 2.60. The molecule has 10 heteroatoms. The lowest BCUT2D eigenvalue weighted by Gasteiger charge is -2.35. The van der Waals surface area contributed by atoms with Crippen LogP contribution in [0.1, 0.15) is 0 Å². The lowest BCUT2D eigenvalue weighted by molar-refractivity contribution is -0.125. The van der Waals surface area contributed by atoms with E-state index in [1.165, 1.54) is 0 Å². The lowest BCUT2D eigenvalue weighted by atomic mass is 10.2. The maximum atomic E-state index is 12.0. The van der Waals surface area contributed by atoms with E-state index in [0.717, 1.165) is 11.4 Å². The van der Waals surface area contributed by atoms with Crippen LogP contribution in [0, 0.1) is 0 Å². The first-order valence-electron chi connectivity index (χ1n) is 8.02. The maximum absolute atomic E-state index is 12.0. The highest BCUT2D eigenvalue weighted by Crippen LogP contribution is 2.22. The third-order valence-corrected chi connectivity index (χ3v) is 3.86. The number of ether oxygens (including phenoxy) is 1. The number of rotatable bonds is 5. The normalized spacial score (nSPS) is 15.5. The van der Waals surface area contributed by atoms with Crippen LogP contribution in [0.5, 0.6) is 5.75 Å². The van der Waals surface area contributed by atoms with Gasteiger partial charge in [0.15, 0.2) is 0 Å². The lowest BCUT2D eigenvalue weighted by Crippen LogP contribution is -2.51. The molecule has 3 amide bonds. The van der Waals surface area contributed by atoms with Crippen molar-refractivity contribution in [3.8, 4) is 5.75 Å². The number of imide groups is 1. The minimum absolute atomic E-state index is 0.0502. The number of methoxy groups -OCH3 is 1. The molecule has 1 saturated heterocycles. The second-order valence-corrected chi connectivity index (χ2v) is 5.81. The van der Waals surface area contributed by atoms with Gasteiger partial charge in [-0.3, -0.25) is 15.0 Å². The van der Waals surface area contributed by atoms with Crippen molar-refractivity contribution in [2.75, 3.05) is 51.3 Å². The first-order chi connectivity index (χ1) is 12.3. The van der Waals surface area contributed by atoms with Gasteiger partial charge in [-0.15, -0.1) is 0 Å². The molecule has 1 aromatic rings. The topological polar surface area (TPSA) is 73.9 Å². The largest absolute Gasteiger partial charge is 0.497 e. The zero-order chi connectivity index (χ0) is 19.2. The highest BCUT2D eigenvalue weighted by Gasteiger charge is 2.28. The van der Waals surface area contributed by atoms with Crippen molar-refractivity contribution in [3.63, 3.8) is 0 Å². The monoisotopic (exact) mass is 374 g/mol. The van der Waals surface area contributed by atoms with Gasteiger partial charge in [-0.1, -0.05) is 6.07 Å². The van der Waals surface area contributed by atoms with Gasteiger partial charge < -0.3 is 15.0 Å². The third kappa shape index (κ3) is 6.43. The van der Waals surface area contributed by atoms with E-state index in [1.54, 1.807) is 12.4 Å². The van der Waals surface area contributed by atoms with Gasteiger partial charge in [0.05, 0.1) is 13.7 Å². The molecule has 144 valence electrons. The Morgan fingerprint density at radius 2 is 1.88 bits per heavy atom. The number of carbonyl (C=O) groups is 2. The summed E-state index contributed by atoms with van der Waals surface area (Å²) in [7, 11) is 1.60.